The Morgan fingerprint density at radius 2 is 2.10 bits per heavy atom. The van der Waals surface area contributed by atoms with Gasteiger partial charge in [0.1, 0.15) is 0 Å². The number of carbonyl (C=O) groups is 1. The third-order valence-corrected chi connectivity index (χ3v) is 5.07. The summed E-state index contributed by atoms with van der Waals surface area (Å²) in [6, 6.07) is 6.58. The molecule has 2 aliphatic heterocycles. The number of hydrogen-bond acceptors (Lipinski definition) is 2. The van der Waals surface area contributed by atoms with E-state index in [9.17, 15) is 4.79 Å². The molecule has 5 nitrogen and oxygen atoms in total. The number of likely N-dealkylation sites (N-methyl/N-ethyl adjacent to an activating group) is 2. The summed E-state index contributed by atoms with van der Waals surface area (Å²) < 4.78 is 0.604. The van der Waals surface area contributed by atoms with E-state index in [0.29, 0.717) is 4.48 Å². The zero-order chi connectivity index (χ0) is 14.9. The summed E-state index contributed by atoms with van der Waals surface area (Å²) >= 11 is 0. The summed E-state index contributed by atoms with van der Waals surface area (Å²) in [7, 11) is 5.68. The van der Waals surface area contributed by atoms with Gasteiger partial charge in [0.2, 0.25) is 6.04 Å². The summed E-state index contributed by atoms with van der Waals surface area (Å²) in [4.78, 5) is 21.8. The average molecular weight is 283 g/mol. The topological polar surface area (TPSA) is 48.5 Å². The Morgan fingerprint density at radius 3 is 2.81 bits per heavy atom. The number of aryl methyl sites for hydroxylation is 1. The molecular formula is C16H19N4O+. The standard InChI is InChI=1S/C16H19N4O/c1-9-5-6-10-11(8-18-12(10)7-9)13-14-15(21)19(3)16(17-2)20(13,14)4/h5-8,13-14,18H,1-4H3/q+1. The van der Waals surface area contributed by atoms with Crippen LogP contribution in [0.25, 0.3) is 10.9 Å². The minimum atomic E-state index is -0.0194. The number of aliphatic imine (C=N–C) groups is 1. The van der Waals surface area contributed by atoms with Gasteiger partial charge < -0.3 is 4.98 Å². The SMILES string of the molecule is CN=C1N(C)C(=O)C2C(c3c[nH]c4cc(C)ccc34)[N+]12C. The molecule has 1 N–H and O–H groups in total. The van der Waals surface area contributed by atoms with Crippen LogP contribution in [-0.4, -0.2) is 53.4 Å². The fourth-order valence-corrected chi connectivity index (χ4v) is 4.01. The molecule has 2 fully saturated rings. The Bertz CT molecular complexity index is 806. The van der Waals surface area contributed by atoms with Crippen LogP contribution in [0.1, 0.15) is 17.2 Å². The van der Waals surface area contributed by atoms with E-state index >= 15 is 0 Å². The van der Waals surface area contributed by atoms with Crippen LogP contribution in [0.4, 0.5) is 0 Å². The Balaban J connectivity index is 1.84. The molecule has 5 heteroatoms. The van der Waals surface area contributed by atoms with Crippen LogP contribution in [0.15, 0.2) is 29.4 Å². The molecule has 0 aliphatic carbocycles. The van der Waals surface area contributed by atoms with E-state index in [1.165, 1.54) is 16.5 Å². The predicted molar refractivity (Wildman–Crippen MR) is 81.9 cm³/mol. The van der Waals surface area contributed by atoms with Gasteiger partial charge in [-0.3, -0.25) is 4.79 Å². The number of guanidine groups is 1. The number of hydrogen-bond donors (Lipinski definition) is 1. The molecule has 0 bridgehead atoms. The van der Waals surface area contributed by atoms with Crippen molar-refractivity contribution in [1.82, 2.24) is 9.88 Å². The summed E-state index contributed by atoms with van der Waals surface area (Å²) in [5.41, 5.74) is 3.60. The molecule has 108 valence electrons. The molecule has 1 amide bonds. The van der Waals surface area contributed by atoms with Crippen LogP contribution in [0.5, 0.6) is 0 Å². The van der Waals surface area contributed by atoms with Crippen molar-refractivity contribution in [3.05, 3.63) is 35.5 Å². The second-order valence-corrected chi connectivity index (χ2v) is 6.25. The van der Waals surface area contributed by atoms with Gasteiger partial charge in [0.05, 0.1) is 7.05 Å². The molecule has 4 rings (SSSR count). The molecule has 0 radical (unpaired) electrons. The molecule has 3 atom stereocenters. The second-order valence-electron chi connectivity index (χ2n) is 6.25. The first-order valence-electron chi connectivity index (χ1n) is 7.18. The summed E-state index contributed by atoms with van der Waals surface area (Å²) in [5.74, 6) is 1.03. The van der Waals surface area contributed by atoms with Crippen LogP contribution in [0.2, 0.25) is 0 Å². The van der Waals surface area contributed by atoms with Gasteiger partial charge in [-0.1, -0.05) is 12.1 Å². The lowest BCUT2D eigenvalue weighted by Gasteiger charge is -2.16. The fraction of sp³-hybridized carbons (Fsp3) is 0.375. The highest BCUT2D eigenvalue weighted by Crippen LogP contribution is 2.57. The van der Waals surface area contributed by atoms with Crippen molar-refractivity contribution in [3.8, 4) is 0 Å². The van der Waals surface area contributed by atoms with E-state index in [2.05, 4.69) is 48.3 Å². The molecule has 1 aromatic heterocycles. The fourth-order valence-electron chi connectivity index (χ4n) is 4.01. The molecule has 0 saturated carbocycles. The molecule has 2 saturated heterocycles. The number of amides is 1. The molecular weight excluding hydrogens is 264 g/mol. The van der Waals surface area contributed by atoms with Gasteiger partial charge in [0, 0.05) is 36.8 Å². The first kappa shape index (κ1) is 12.6. The van der Waals surface area contributed by atoms with E-state index in [1.54, 1.807) is 11.9 Å². The monoisotopic (exact) mass is 283 g/mol. The Morgan fingerprint density at radius 1 is 1.33 bits per heavy atom. The molecule has 1 aromatic carbocycles. The zero-order valence-corrected chi connectivity index (χ0v) is 12.7. The lowest BCUT2D eigenvalue weighted by Crippen LogP contribution is -2.38. The largest absolute Gasteiger partial charge is 0.361 e. The van der Waals surface area contributed by atoms with Crippen molar-refractivity contribution >= 4 is 22.8 Å². The maximum Gasteiger partial charge on any atom is 0.308 e. The number of benzene rings is 1. The Kier molecular flexibility index (Phi) is 2.24. The van der Waals surface area contributed by atoms with Crippen molar-refractivity contribution in [3.63, 3.8) is 0 Å². The van der Waals surface area contributed by atoms with Crippen LogP contribution in [0.3, 0.4) is 0 Å². The molecule has 2 aliphatic rings. The zero-order valence-electron chi connectivity index (χ0n) is 12.7. The van der Waals surface area contributed by atoms with Crippen molar-refractivity contribution in [2.75, 3.05) is 21.1 Å². The number of carbonyl (C=O) groups excluding carboxylic acids is 1. The highest BCUT2D eigenvalue weighted by molar-refractivity contribution is 6.05. The second kappa shape index (κ2) is 3.74. The number of fused-ring (bicyclic) bond motifs is 2. The number of nitrogens with zero attached hydrogens (tertiary/aromatic N) is 3. The Labute approximate surface area is 123 Å². The normalized spacial score (nSPS) is 33.0. The van der Waals surface area contributed by atoms with Crippen LogP contribution in [-0.2, 0) is 4.79 Å². The van der Waals surface area contributed by atoms with E-state index < -0.39 is 0 Å². The average Bonchev–Trinajstić information content (AvgIpc) is 2.77. The third kappa shape index (κ3) is 1.34. The maximum absolute atomic E-state index is 12.4. The summed E-state index contributed by atoms with van der Waals surface area (Å²) in [5, 5.41) is 1.21. The number of aromatic amines is 1. The van der Waals surface area contributed by atoms with Crippen LogP contribution >= 0.6 is 0 Å². The first-order chi connectivity index (χ1) is 10.00. The van der Waals surface area contributed by atoms with E-state index in [-0.39, 0.29) is 18.0 Å². The number of rotatable bonds is 1. The van der Waals surface area contributed by atoms with E-state index in [1.807, 2.05) is 7.05 Å². The molecule has 2 aromatic rings. The van der Waals surface area contributed by atoms with Gasteiger partial charge in [0.25, 0.3) is 5.91 Å². The van der Waals surface area contributed by atoms with Gasteiger partial charge in [-0.2, -0.15) is 0 Å². The first-order valence-corrected chi connectivity index (χ1v) is 7.18. The number of nitrogens with one attached hydrogen (secondary N) is 1. The number of H-pyrrole nitrogens is 1. The van der Waals surface area contributed by atoms with E-state index in [0.717, 1.165) is 11.5 Å². The van der Waals surface area contributed by atoms with Crippen molar-refractivity contribution < 1.29 is 9.28 Å². The van der Waals surface area contributed by atoms with Gasteiger partial charge >= 0.3 is 5.96 Å². The lowest BCUT2D eigenvalue weighted by atomic mass is 10.1. The minimum absolute atomic E-state index is 0.0194. The quantitative estimate of drug-likeness (QED) is 0.629. The smallest absolute Gasteiger partial charge is 0.308 e. The molecule has 0 spiro atoms. The van der Waals surface area contributed by atoms with Crippen molar-refractivity contribution in [2.45, 2.75) is 19.0 Å². The van der Waals surface area contributed by atoms with Gasteiger partial charge in [-0.15, -0.1) is 0 Å². The van der Waals surface area contributed by atoms with Gasteiger partial charge in [-0.25, -0.2) is 14.4 Å². The van der Waals surface area contributed by atoms with Crippen molar-refractivity contribution in [1.29, 1.82) is 0 Å². The highest BCUT2D eigenvalue weighted by Gasteiger charge is 2.78. The van der Waals surface area contributed by atoms with Crippen LogP contribution < -0.4 is 0 Å². The lowest BCUT2D eigenvalue weighted by molar-refractivity contribution is -0.703. The van der Waals surface area contributed by atoms with Gasteiger partial charge in [0.15, 0.2) is 6.04 Å². The number of quaternary nitrogens is 1. The van der Waals surface area contributed by atoms with E-state index in [4.69, 9.17) is 0 Å². The maximum atomic E-state index is 12.4. The van der Waals surface area contributed by atoms with Crippen molar-refractivity contribution in [2.24, 2.45) is 4.99 Å². The summed E-state index contributed by atoms with van der Waals surface area (Å²) in [6.07, 6.45) is 2.05. The molecule has 3 heterocycles. The minimum Gasteiger partial charge on any atom is -0.361 e. The highest BCUT2D eigenvalue weighted by atomic mass is 16.2. The van der Waals surface area contributed by atoms with Gasteiger partial charge in [-0.05, 0) is 18.6 Å². The Hall–Kier alpha value is -2.14. The summed E-state index contributed by atoms with van der Waals surface area (Å²) in [6.45, 7) is 2.09. The van der Waals surface area contributed by atoms with Crippen LogP contribution in [0, 0.1) is 6.92 Å². The third-order valence-electron chi connectivity index (χ3n) is 5.07. The molecule has 3 unspecified atom stereocenters. The molecule has 21 heavy (non-hydrogen) atoms. The predicted octanol–water partition coefficient (Wildman–Crippen LogP) is 1.80. The number of aromatic nitrogens is 1.